The van der Waals surface area contributed by atoms with Crippen molar-refractivity contribution < 1.29 is 4.79 Å². The van der Waals surface area contributed by atoms with Crippen LogP contribution in [0.4, 0.5) is 0 Å². The van der Waals surface area contributed by atoms with Crippen LogP contribution in [0.2, 0.25) is 0 Å². The zero-order valence-corrected chi connectivity index (χ0v) is 12.9. The number of hydrogen-bond donors (Lipinski definition) is 0. The zero-order chi connectivity index (χ0) is 13.3. The molecule has 1 aromatic rings. The molecule has 0 bridgehead atoms. The maximum absolute atomic E-state index is 12.5. The van der Waals surface area contributed by atoms with E-state index in [-0.39, 0.29) is 5.91 Å². The number of carbonyl (C=O) groups is 1. The number of likely N-dealkylation sites (tertiary alicyclic amines) is 1. The summed E-state index contributed by atoms with van der Waals surface area (Å²) in [7, 11) is 0. The average Bonchev–Trinajstić information content (AvgIpc) is 2.94. The van der Waals surface area contributed by atoms with Crippen molar-refractivity contribution in [1.82, 2.24) is 9.47 Å². The molecule has 1 saturated heterocycles. The number of carbonyl (C=O) groups excluding carboxylic acids is 1. The number of rotatable bonds is 3. The van der Waals surface area contributed by atoms with Gasteiger partial charge in [0, 0.05) is 29.8 Å². The van der Waals surface area contributed by atoms with Crippen molar-refractivity contribution in [1.29, 1.82) is 0 Å². The molecule has 0 aliphatic carbocycles. The quantitative estimate of drug-likeness (QED) is 0.835. The van der Waals surface area contributed by atoms with Gasteiger partial charge in [-0.1, -0.05) is 13.3 Å². The summed E-state index contributed by atoms with van der Waals surface area (Å²) in [5.41, 5.74) is 0.800. The van der Waals surface area contributed by atoms with Crippen LogP contribution in [0.25, 0.3) is 0 Å². The molecule has 4 heteroatoms. The van der Waals surface area contributed by atoms with Gasteiger partial charge in [-0.25, -0.2) is 0 Å². The predicted molar refractivity (Wildman–Crippen MR) is 76.8 cm³/mol. The van der Waals surface area contributed by atoms with E-state index in [0.29, 0.717) is 12.0 Å². The Balaban J connectivity index is 2.19. The van der Waals surface area contributed by atoms with E-state index in [4.69, 9.17) is 0 Å². The molecule has 1 fully saturated rings. The molecule has 1 aliphatic rings. The number of hydrogen-bond acceptors (Lipinski definition) is 1. The molecule has 1 aliphatic heterocycles. The summed E-state index contributed by atoms with van der Waals surface area (Å²) in [6.07, 6.45) is 4.30. The van der Waals surface area contributed by atoms with Crippen molar-refractivity contribution in [2.24, 2.45) is 5.92 Å². The minimum absolute atomic E-state index is 0.172. The summed E-state index contributed by atoms with van der Waals surface area (Å²) in [4.78, 5) is 14.5. The lowest BCUT2D eigenvalue weighted by molar-refractivity contribution is 0.0774. The third-order valence-corrected chi connectivity index (χ3v) is 4.17. The highest BCUT2D eigenvalue weighted by molar-refractivity contribution is 9.10. The first kappa shape index (κ1) is 13.7. The number of aromatic nitrogens is 1. The molecule has 2 heterocycles. The van der Waals surface area contributed by atoms with E-state index in [9.17, 15) is 4.79 Å². The summed E-state index contributed by atoms with van der Waals surface area (Å²) in [5.74, 6) is 0.852. The maximum atomic E-state index is 12.5. The van der Waals surface area contributed by atoms with E-state index >= 15 is 0 Å². The van der Waals surface area contributed by atoms with Crippen molar-refractivity contribution in [3.63, 3.8) is 0 Å². The Morgan fingerprint density at radius 3 is 2.83 bits per heavy atom. The molecule has 0 radical (unpaired) electrons. The Morgan fingerprint density at radius 2 is 2.28 bits per heavy atom. The van der Waals surface area contributed by atoms with Crippen LogP contribution in [-0.4, -0.2) is 28.5 Å². The van der Waals surface area contributed by atoms with Crippen LogP contribution < -0.4 is 0 Å². The molecule has 0 spiro atoms. The summed E-state index contributed by atoms with van der Waals surface area (Å²) in [6.45, 7) is 8.21. The van der Waals surface area contributed by atoms with Crippen molar-refractivity contribution in [2.75, 3.05) is 13.1 Å². The normalized spacial score (nSPS) is 19.8. The second kappa shape index (κ2) is 5.47. The van der Waals surface area contributed by atoms with Crippen LogP contribution in [0.15, 0.2) is 16.7 Å². The highest BCUT2D eigenvalue weighted by atomic mass is 79.9. The Hall–Kier alpha value is -0.770. The van der Waals surface area contributed by atoms with Gasteiger partial charge in [-0.3, -0.25) is 4.79 Å². The molecule has 18 heavy (non-hydrogen) atoms. The second-order valence-electron chi connectivity index (χ2n) is 5.36. The molecule has 1 atom stereocenters. The molecule has 0 N–H and O–H groups in total. The van der Waals surface area contributed by atoms with Crippen LogP contribution in [0.1, 0.15) is 50.1 Å². The van der Waals surface area contributed by atoms with Crippen molar-refractivity contribution >= 4 is 21.8 Å². The topological polar surface area (TPSA) is 25.2 Å². The first-order valence-corrected chi connectivity index (χ1v) is 7.48. The van der Waals surface area contributed by atoms with Crippen LogP contribution in [-0.2, 0) is 0 Å². The summed E-state index contributed by atoms with van der Waals surface area (Å²) < 4.78 is 3.02. The van der Waals surface area contributed by atoms with Crippen molar-refractivity contribution in [2.45, 2.75) is 39.7 Å². The van der Waals surface area contributed by atoms with Crippen LogP contribution >= 0.6 is 15.9 Å². The highest BCUT2D eigenvalue weighted by Gasteiger charge is 2.27. The summed E-state index contributed by atoms with van der Waals surface area (Å²) in [5, 5.41) is 0. The molecule has 0 saturated carbocycles. The Labute approximate surface area is 117 Å². The van der Waals surface area contributed by atoms with E-state index in [1.807, 2.05) is 21.7 Å². The van der Waals surface area contributed by atoms with Crippen LogP contribution in [0.5, 0.6) is 0 Å². The van der Waals surface area contributed by atoms with Gasteiger partial charge >= 0.3 is 0 Å². The zero-order valence-electron chi connectivity index (χ0n) is 11.3. The van der Waals surface area contributed by atoms with Gasteiger partial charge in [0.1, 0.15) is 5.69 Å². The lowest BCUT2D eigenvalue weighted by Crippen LogP contribution is -2.30. The molecule has 1 aromatic heterocycles. The van der Waals surface area contributed by atoms with E-state index in [2.05, 4.69) is 36.7 Å². The number of nitrogens with zero attached hydrogens (tertiary/aromatic N) is 2. The van der Waals surface area contributed by atoms with Crippen LogP contribution in [0, 0.1) is 5.92 Å². The molecule has 1 amide bonds. The Kier molecular flexibility index (Phi) is 4.15. The van der Waals surface area contributed by atoms with Gasteiger partial charge < -0.3 is 9.47 Å². The largest absolute Gasteiger partial charge is 0.340 e. The molecular weight excluding hydrogens is 292 g/mol. The smallest absolute Gasteiger partial charge is 0.270 e. The van der Waals surface area contributed by atoms with E-state index in [1.165, 1.54) is 6.42 Å². The fourth-order valence-electron chi connectivity index (χ4n) is 2.56. The predicted octanol–water partition coefficient (Wildman–Crippen LogP) is 3.70. The standard InChI is InChI=1S/C14H21BrN2O/c1-4-11-5-6-16(8-11)14(18)13-7-12(15)9-17(13)10(2)3/h7,9-11H,4-6,8H2,1-3H3. The van der Waals surface area contributed by atoms with Gasteiger partial charge in [0.15, 0.2) is 0 Å². The van der Waals surface area contributed by atoms with Gasteiger partial charge in [0.25, 0.3) is 5.91 Å². The van der Waals surface area contributed by atoms with Gasteiger partial charge in [0.05, 0.1) is 0 Å². The molecule has 100 valence electrons. The van der Waals surface area contributed by atoms with Gasteiger partial charge in [-0.05, 0) is 48.2 Å². The molecular formula is C14H21BrN2O. The first-order valence-electron chi connectivity index (χ1n) is 6.69. The van der Waals surface area contributed by atoms with E-state index in [0.717, 1.165) is 29.7 Å². The first-order chi connectivity index (χ1) is 8.52. The molecule has 0 aromatic carbocycles. The maximum Gasteiger partial charge on any atom is 0.270 e. The minimum atomic E-state index is 0.172. The molecule has 2 rings (SSSR count). The Bertz CT molecular complexity index is 439. The number of halogens is 1. The molecule has 1 unspecified atom stereocenters. The lowest BCUT2D eigenvalue weighted by Gasteiger charge is -2.19. The third-order valence-electron chi connectivity index (χ3n) is 3.74. The monoisotopic (exact) mass is 312 g/mol. The van der Waals surface area contributed by atoms with Crippen molar-refractivity contribution in [3.05, 3.63) is 22.4 Å². The highest BCUT2D eigenvalue weighted by Crippen LogP contribution is 2.24. The fourth-order valence-corrected chi connectivity index (χ4v) is 2.99. The second-order valence-corrected chi connectivity index (χ2v) is 6.27. The van der Waals surface area contributed by atoms with Crippen LogP contribution in [0.3, 0.4) is 0 Å². The van der Waals surface area contributed by atoms with Crippen molar-refractivity contribution in [3.8, 4) is 0 Å². The van der Waals surface area contributed by atoms with Gasteiger partial charge in [-0.15, -0.1) is 0 Å². The fraction of sp³-hybridized carbons (Fsp3) is 0.643. The Morgan fingerprint density at radius 1 is 1.56 bits per heavy atom. The van der Waals surface area contributed by atoms with E-state index in [1.54, 1.807) is 0 Å². The average molecular weight is 313 g/mol. The third kappa shape index (κ3) is 2.63. The van der Waals surface area contributed by atoms with E-state index < -0.39 is 0 Å². The minimum Gasteiger partial charge on any atom is -0.340 e. The lowest BCUT2D eigenvalue weighted by atomic mass is 10.1. The van der Waals surface area contributed by atoms with Gasteiger partial charge in [0.2, 0.25) is 0 Å². The van der Waals surface area contributed by atoms with Gasteiger partial charge in [-0.2, -0.15) is 0 Å². The summed E-state index contributed by atoms with van der Waals surface area (Å²) in [6, 6.07) is 2.24. The number of amides is 1. The molecule has 3 nitrogen and oxygen atoms in total. The summed E-state index contributed by atoms with van der Waals surface area (Å²) >= 11 is 3.46. The SMILES string of the molecule is CCC1CCN(C(=O)c2cc(Br)cn2C(C)C)C1.